The summed E-state index contributed by atoms with van der Waals surface area (Å²) >= 11 is 0. The molecule has 0 N–H and O–H groups in total. The number of rotatable bonds is 4. The van der Waals surface area contributed by atoms with Crippen molar-refractivity contribution in [1.82, 2.24) is 9.80 Å². The van der Waals surface area contributed by atoms with Gasteiger partial charge in [-0.1, -0.05) is 13.8 Å². The van der Waals surface area contributed by atoms with E-state index in [1.54, 1.807) is 31.1 Å². The molecule has 1 saturated heterocycles. The Hall–Kier alpha value is -1.98. The Kier molecular flexibility index (Phi) is 4.01. The molecular weight excluding hydrogens is 260 g/mol. The van der Waals surface area contributed by atoms with E-state index in [0.29, 0.717) is 24.8 Å². The molecule has 0 aliphatic carbocycles. The monoisotopic (exact) mass is 280 g/mol. The molecule has 1 aromatic heterocycles. The van der Waals surface area contributed by atoms with E-state index in [1.165, 1.54) is 4.90 Å². The highest BCUT2D eigenvalue weighted by molar-refractivity contribution is 5.91. The summed E-state index contributed by atoms with van der Waals surface area (Å²) < 4.78 is 10.6. The first-order valence-corrected chi connectivity index (χ1v) is 6.64. The Labute approximate surface area is 118 Å². The number of hydrogen-bond acceptors (Lipinski definition) is 4. The van der Waals surface area contributed by atoms with Gasteiger partial charge in [-0.25, -0.2) is 4.79 Å². The quantitative estimate of drug-likeness (QED) is 0.845. The van der Waals surface area contributed by atoms with E-state index in [0.717, 1.165) is 0 Å². The smallest absolute Gasteiger partial charge is 0.410 e. The highest BCUT2D eigenvalue weighted by Gasteiger charge is 2.35. The molecule has 1 aliphatic heterocycles. The van der Waals surface area contributed by atoms with Crippen molar-refractivity contribution in [2.24, 2.45) is 5.92 Å². The van der Waals surface area contributed by atoms with Crippen LogP contribution in [0.4, 0.5) is 4.79 Å². The van der Waals surface area contributed by atoms with Crippen LogP contribution in [0.1, 0.15) is 30.2 Å². The molecule has 1 fully saturated rings. The number of carbonyl (C=O) groups excluding carboxylic acids is 2. The lowest BCUT2D eigenvalue weighted by Crippen LogP contribution is -2.36. The lowest BCUT2D eigenvalue weighted by molar-refractivity contribution is 0.0793. The summed E-state index contributed by atoms with van der Waals surface area (Å²) in [5.41, 5.74) is 0. The summed E-state index contributed by atoms with van der Waals surface area (Å²) in [4.78, 5) is 26.6. The minimum atomic E-state index is -0.333. The fourth-order valence-corrected chi connectivity index (χ4v) is 2.17. The summed E-state index contributed by atoms with van der Waals surface area (Å²) in [5, 5.41) is 0. The number of amides is 2. The Morgan fingerprint density at radius 1 is 1.45 bits per heavy atom. The van der Waals surface area contributed by atoms with Crippen LogP contribution in [-0.4, -0.2) is 48.5 Å². The third-order valence-corrected chi connectivity index (χ3v) is 3.39. The molecule has 1 unspecified atom stereocenters. The maximum absolute atomic E-state index is 11.8. The normalized spacial score (nSPS) is 18.6. The number of ether oxygens (including phenoxy) is 1. The van der Waals surface area contributed by atoms with Crippen LogP contribution in [0.25, 0.3) is 0 Å². The van der Waals surface area contributed by atoms with Crippen molar-refractivity contribution >= 4 is 12.0 Å². The maximum Gasteiger partial charge on any atom is 0.410 e. The zero-order valence-corrected chi connectivity index (χ0v) is 12.3. The Morgan fingerprint density at radius 2 is 2.15 bits per heavy atom. The fourth-order valence-electron chi connectivity index (χ4n) is 2.17. The van der Waals surface area contributed by atoms with Crippen LogP contribution < -0.4 is 0 Å². The summed E-state index contributed by atoms with van der Waals surface area (Å²) in [6.45, 7) is 4.81. The second kappa shape index (κ2) is 5.56. The zero-order valence-electron chi connectivity index (χ0n) is 12.3. The van der Waals surface area contributed by atoms with Crippen LogP contribution in [0.2, 0.25) is 0 Å². The summed E-state index contributed by atoms with van der Waals surface area (Å²) in [7, 11) is 3.33. The summed E-state index contributed by atoms with van der Waals surface area (Å²) in [5.74, 6) is 0.971. The van der Waals surface area contributed by atoms with Crippen molar-refractivity contribution in [2.45, 2.75) is 26.4 Å². The number of hydrogen-bond donors (Lipinski definition) is 0. The van der Waals surface area contributed by atoms with Crippen LogP contribution in [0.3, 0.4) is 0 Å². The predicted molar refractivity (Wildman–Crippen MR) is 72.2 cm³/mol. The van der Waals surface area contributed by atoms with Gasteiger partial charge in [0.25, 0.3) is 5.91 Å². The molecule has 0 aromatic carbocycles. The molecule has 2 rings (SSSR count). The van der Waals surface area contributed by atoms with Crippen molar-refractivity contribution in [2.75, 3.05) is 20.7 Å². The van der Waals surface area contributed by atoms with E-state index in [4.69, 9.17) is 9.15 Å². The molecule has 1 aliphatic rings. The van der Waals surface area contributed by atoms with Gasteiger partial charge in [-0.3, -0.25) is 9.69 Å². The van der Waals surface area contributed by atoms with Crippen LogP contribution in [0.5, 0.6) is 0 Å². The molecule has 6 nitrogen and oxygen atoms in total. The second-order valence-electron chi connectivity index (χ2n) is 5.48. The van der Waals surface area contributed by atoms with Gasteiger partial charge >= 0.3 is 6.09 Å². The van der Waals surface area contributed by atoms with Gasteiger partial charge in [-0.15, -0.1) is 0 Å². The molecule has 2 heterocycles. The first-order valence-electron chi connectivity index (χ1n) is 6.64. The topological polar surface area (TPSA) is 63.0 Å². The molecule has 1 atom stereocenters. The highest BCUT2D eigenvalue weighted by atomic mass is 16.6. The largest absolute Gasteiger partial charge is 0.454 e. The lowest BCUT2D eigenvalue weighted by Gasteiger charge is -2.23. The van der Waals surface area contributed by atoms with Gasteiger partial charge < -0.3 is 14.1 Å². The molecule has 0 radical (unpaired) electrons. The van der Waals surface area contributed by atoms with Gasteiger partial charge in [0, 0.05) is 14.1 Å². The van der Waals surface area contributed by atoms with Gasteiger partial charge in [-0.05, 0) is 18.1 Å². The summed E-state index contributed by atoms with van der Waals surface area (Å²) in [6.07, 6.45) is -0.333. The Balaban J connectivity index is 2.10. The molecule has 0 saturated carbocycles. The van der Waals surface area contributed by atoms with E-state index in [9.17, 15) is 9.59 Å². The molecular formula is C14H20N2O4. The lowest BCUT2D eigenvalue weighted by atomic mass is 10.0. The molecule has 20 heavy (non-hydrogen) atoms. The zero-order chi connectivity index (χ0) is 14.9. The van der Waals surface area contributed by atoms with E-state index in [-0.39, 0.29) is 23.8 Å². The average Bonchev–Trinajstić information content (AvgIpc) is 2.97. The summed E-state index contributed by atoms with van der Waals surface area (Å²) in [6, 6.07) is 3.39. The molecule has 1 aromatic rings. The van der Waals surface area contributed by atoms with Crippen molar-refractivity contribution in [1.29, 1.82) is 0 Å². The van der Waals surface area contributed by atoms with Crippen LogP contribution in [0.15, 0.2) is 16.5 Å². The van der Waals surface area contributed by atoms with Crippen LogP contribution in [-0.2, 0) is 11.3 Å². The predicted octanol–water partition coefficient (Wildman–Crippen LogP) is 1.96. The van der Waals surface area contributed by atoms with Gasteiger partial charge in [0.1, 0.15) is 12.4 Å². The SMILES string of the molecule is CC(C)C1COC(=O)N1Cc1ccc(C(=O)N(C)C)o1. The number of furan rings is 1. The third-order valence-electron chi connectivity index (χ3n) is 3.39. The minimum Gasteiger partial charge on any atom is -0.454 e. The number of carbonyl (C=O) groups is 2. The molecule has 0 bridgehead atoms. The number of nitrogens with zero attached hydrogens (tertiary/aromatic N) is 2. The van der Waals surface area contributed by atoms with E-state index >= 15 is 0 Å². The average molecular weight is 280 g/mol. The van der Waals surface area contributed by atoms with Crippen molar-refractivity contribution in [3.8, 4) is 0 Å². The van der Waals surface area contributed by atoms with E-state index < -0.39 is 0 Å². The van der Waals surface area contributed by atoms with Crippen molar-refractivity contribution in [3.63, 3.8) is 0 Å². The van der Waals surface area contributed by atoms with E-state index in [1.807, 2.05) is 13.8 Å². The van der Waals surface area contributed by atoms with Gasteiger partial charge in [0.05, 0.1) is 12.6 Å². The minimum absolute atomic E-state index is 0.0422. The number of cyclic esters (lactones) is 1. The van der Waals surface area contributed by atoms with Gasteiger partial charge in [-0.2, -0.15) is 0 Å². The first kappa shape index (κ1) is 14.4. The van der Waals surface area contributed by atoms with Crippen LogP contribution in [0, 0.1) is 5.92 Å². The maximum atomic E-state index is 11.8. The van der Waals surface area contributed by atoms with E-state index in [2.05, 4.69) is 0 Å². The first-order chi connectivity index (χ1) is 9.40. The van der Waals surface area contributed by atoms with Gasteiger partial charge in [0.15, 0.2) is 5.76 Å². The standard InChI is InChI=1S/C14H20N2O4/c1-9(2)11-8-19-14(18)16(11)7-10-5-6-12(20-10)13(17)15(3)4/h5-6,9,11H,7-8H2,1-4H3. The molecule has 2 amide bonds. The third kappa shape index (κ3) is 2.79. The molecule has 110 valence electrons. The van der Waals surface area contributed by atoms with Gasteiger partial charge in [0.2, 0.25) is 0 Å². The van der Waals surface area contributed by atoms with Crippen molar-refractivity contribution < 1.29 is 18.7 Å². The molecule has 6 heteroatoms. The molecule has 0 spiro atoms. The van der Waals surface area contributed by atoms with Crippen LogP contribution >= 0.6 is 0 Å². The Morgan fingerprint density at radius 3 is 2.75 bits per heavy atom. The fraction of sp³-hybridized carbons (Fsp3) is 0.571. The highest BCUT2D eigenvalue weighted by Crippen LogP contribution is 2.23. The second-order valence-corrected chi connectivity index (χ2v) is 5.48. The van der Waals surface area contributed by atoms with Crippen molar-refractivity contribution in [3.05, 3.63) is 23.7 Å². The Bertz CT molecular complexity index is 507.